The summed E-state index contributed by atoms with van der Waals surface area (Å²) < 4.78 is 0. The van der Waals surface area contributed by atoms with Gasteiger partial charge in [-0.1, -0.05) is 0 Å². The van der Waals surface area contributed by atoms with E-state index in [1.54, 1.807) is 6.07 Å². The summed E-state index contributed by atoms with van der Waals surface area (Å²) in [5.74, 6) is 1.25. The molecule has 7 heteroatoms. The molecule has 7 nitrogen and oxygen atoms in total. The molecule has 0 spiro atoms. The normalized spacial score (nSPS) is 18.9. The Morgan fingerprint density at radius 3 is 2.90 bits per heavy atom. The average molecular weight is 293 g/mol. The Morgan fingerprint density at radius 1 is 1.52 bits per heavy atom. The van der Waals surface area contributed by atoms with Gasteiger partial charge in [0.2, 0.25) is 0 Å². The number of nitro groups is 1. The topological polar surface area (TPSA) is 74.5 Å². The second kappa shape index (κ2) is 6.71. The van der Waals surface area contributed by atoms with Crippen LogP contribution in [0.5, 0.6) is 0 Å². The number of nitrogens with zero attached hydrogens (tertiary/aromatic N) is 4. The molecule has 1 fully saturated rings. The second-order valence-corrected chi connectivity index (χ2v) is 5.56. The molecule has 1 N–H and O–H groups in total. The van der Waals surface area contributed by atoms with E-state index in [0.717, 1.165) is 25.9 Å². The van der Waals surface area contributed by atoms with Gasteiger partial charge in [0.15, 0.2) is 0 Å². The fraction of sp³-hybridized carbons (Fsp3) is 0.643. The predicted octanol–water partition coefficient (Wildman–Crippen LogP) is 1.95. The monoisotopic (exact) mass is 293 g/mol. The van der Waals surface area contributed by atoms with Gasteiger partial charge in [-0.3, -0.25) is 10.1 Å². The first-order valence-electron chi connectivity index (χ1n) is 7.33. The molecule has 1 unspecified atom stereocenters. The molecule has 1 aliphatic rings. The highest BCUT2D eigenvalue weighted by Crippen LogP contribution is 2.26. The molecule has 2 heterocycles. The van der Waals surface area contributed by atoms with Crippen LogP contribution >= 0.6 is 0 Å². The zero-order valence-electron chi connectivity index (χ0n) is 12.9. The number of aromatic nitrogens is 1. The maximum Gasteiger partial charge on any atom is 0.276 e. The van der Waals surface area contributed by atoms with E-state index >= 15 is 0 Å². The van der Waals surface area contributed by atoms with E-state index in [1.165, 1.54) is 6.07 Å². The maximum absolute atomic E-state index is 11.1. The minimum atomic E-state index is -0.362. The summed E-state index contributed by atoms with van der Waals surface area (Å²) in [6.07, 6.45) is 2.22. The molecular formula is C14H23N5O2. The van der Waals surface area contributed by atoms with Gasteiger partial charge < -0.3 is 15.1 Å². The molecule has 0 bridgehead atoms. The third-order valence-corrected chi connectivity index (χ3v) is 3.82. The molecule has 1 aliphatic heterocycles. The van der Waals surface area contributed by atoms with Crippen molar-refractivity contribution >= 4 is 17.3 Å². The highest BCUT2D eigenvalue weighted by atomic mass is 16.6. The van der Waals surface area contributed by atoms with Crippen LogP contribution in [0.4, 0.5) is 17.3 Å². The first-order valence-corrected chi connectivity index (χ1v) is 7.33. The third-order valence-electron chi connectivity index (χ3n) is 3.82. The minimum absolute atomic E-state index is 0.0860. The van der Waals surface area contributed by atoms with E-state index in [2.05, 4.69) is 34.2 Å². The number of pyridine rings is 1. The van der Waals surface area contributed by atoms with E-state index in [1.807, 2.05) is 6.92 Å². The lowest BCUT2D eigenvalue weighted by molar-refractivity contribution is -0.384. The quantitative estimate of drug-likeness (QED) is 0.660. The number of likely N-dealkylation sites (N-methyl/N-ethyl adjacent to an activating group) is 1. The first-order chi connectivity index (χ1) is 10.0. The fourth-order valence-corrected chi connectivity index (χ4v) is 2.63. The molecule has 0 amide bonds. The van der Waals surface area contributed by atoms with Gasteiger partial charge in [0.25, 0.3) is 5.69 Å². The third kappa shape index (κ3) is 3.81. The molecule has 2 rings (SSSR count). The zero-order valence-corrected chi connectivity index (χ0v) is 12.9. The van der Waals surface area contributed by atoms with E-state index in [-0.39, 0.29) is 10.6 Å². The summed E-state index contributed by atoms with van der Waals surface area (Å²) in [6, 6.07) is 3.52. The smallest absolute Gasteiger partial charge is 0.276 e. The van der Waals surface area contributed by atoms with Crippen molar-refractivity contribution in [2.75, 3.05) is 43.9 Å². The van der Waals surface area contributed by atoms with Crippen LogP contribution in [0.15, 0.2) is 12.1 Å². The Morgan fingerprint density at radius 2 is 2.29 bits per heavy atom. The van der Waals surface area contributed by atoms with Gasteiger partial charge in [0, 0.05) is 25.7 Å². The van der Waals surface area contributed by atoms with Crippen LogP contribution in [0.25, 0.3) is 0 Å². The van der Waals surface area contributed by atoms with Gasteiger partial charge in [0.05, 0.1) is 17.1 Å². The Kier molecular flexibility index (Phi) is 4.95. The van der Waals surface area contributed by atoms with Crippen molar-refractivity contribution in [1.29, 1.82) is 0 Å². The number of nitrogens with one attached hydrogen (secondary N) is 1. The van der Waals surface area contributed by atoms with Crippen molar-refractivity contribution in [3.05, 3.63) is 22.2 Å². The predicted molar refractivity (Wildman–Crippen MR) is 84.0 cm³/mol. The number of piperidine rings is 1. The van der Waals surface area contributed by atoms with Gasteiger partial charge >= 0.3 is 0 Å². The van der Waals surface area contributed by atoms with Gasteiger partial charge in [-0.15, -0.1) is 0 Å². The molecule has 0 saturated carbocycles. The van der Waals surface area contributed by atoms with Gasteiger partial charge in [-0.2, -0.15) is 0 Å². The van der Waals surface area contributed by atoms with E-state index in [9.17, 15) is 10.1 Å². The summed E-state index contributed by atoms with van der Waals surface area (Å²) in [6.45, 7) is 4.38. The molecule has 0 aromatic carbocycles. The van der Waals surface area contributed by atoms with E-state index in [0.29, 0.717) is 24.2 Å². The lowest BCUT2D eigenvalue weighted by Crippen LogP contribution is -2.45. The number of hydrogen-bond donors (Lipinski definition) is 1. The first kappa shape index (κ1) is 15.5. The number of hydrogen-bond acceptors (Lipinski definition) is 6. The molecule has 21 heavy (non-hydrogen) atoms. The Labute approximate surface area is 125 Å². The SMILES string of the molecule is CCNc1cc([N+](=O)[O-])cc(N2CCCC(N(C)C)C2)n1. The Hall–Kier alpha value is -1.89. The summed E-state index contributed by atoms with van der Waals surface area (Å²) in [5.41, 5.74) is 0.0860. The van der Waals surface area contributed by atoms with Gasteiger partial charge in [0.1, 0.15) is 11.6 Å². The van der Waals surface area contributed by atoms with Crippen molar-refractivity contribution < 1.29 is 4.92 Å². The summed E-state index contributed by atoms with van der Waals surface area (Å²) >= 11 is 0. The van der Waals surface area contributed by atoms with Crippen LogP contribution in [0.2, 0.25) is 0 Å². The highest BCUT2D eigenvalue weighted by molar-refractivity contribution is 5.56. The number of rotatable bonds is 5. The van der Waals surface area contributed by atoms with Crippen LogP contribution in [0, 0.1) is 10.1 Å². The van der Waals surface area contributed by atoms with Gasteiger partial charge in [-0.25, -0.2) is 4.98 Å². The molecule has 0 aliphatic carbocycles. The van der Waals surface area contributed by atoms with Crippen molar-refractivity contribution in [2.24, 2.45) is 0 Å². The average Bonchev–Trinajstić information content (AvgIpc) is 2.47. The van der Waals surface area contributed by atoms with Crippen LogP contribution in [0.3, 0.4) is 0 Å². The van der Waals surface area contributed by atoms with Crippen molar-refractivity contribution in [3.63, 3.8) is 0 Å². The molecule has 1 atom stereocenters. The van der Waals surface area contributed by atoms with Crippen LogP contribution in [-0.2, 0) is 0 Å². The lowest BCUT2D eigenvalue weighted by Gasteiger charge is -2.36. The number of anilines is 2. The molecule has 116 valence electrons. The highest BCUT2D eigenvalue weighted by Gasteiger charge is 2.24. The van der Waals surface area contributed by atoms with Crippen LogP contribution in [-0.4, -0.2) is 54.6 Å². The van der Waals surface area contributed by atoms with E-state index in [4.69, 9.17) is 0 Å². The van der Waals surface area contributed by atoms with Crippen LogP contribution in [0.1, 0.15) is 19.8 Å². The minimum Gasteiger partial charge on any atom is -0.370 e. The summed E-state index contributed by atoms with van der Waals surface area (Å²) in [5, 5.41) is 14.2. The molecule has 1 aromatic heterocycles. The van der Waals surface area contributed by atoms with Crippen molar-refractivity contribution in [1.82, 2.24) is 9.88 Å². The Balaban J connectivity index is 2.26. The summed E-state index contributed by atoms with van der Waals surface area (Å²) in [7, 11) is 4.14. The molecular weight excluding hydrogens is 270 g/mol. The maximum atomic E-state index is 11.1. The Bertz CT molecular complexity index is 506. The standard InChI is InChI=1S/C14H23N5O2/c1-4-15-13-8-12(19(20)21)9-14(16-13)18-7-5-6-11(10-18)17(2)3/h8-9,11H,4-7,10H2,1-3H3,(H,15,16). The summed E-state index contributed by atoms with van der Waals surface area (Å²) in [4.78, 5) is 19.6. The van der Waals surface area contributed by atoms with Crippen molar-refractivity contribution in [3.8, 4) is 0 Å². The fourth-order valence-electron chi connectivity index (χ4n) is 2.63. The second-order valence-electron chi connectivity index (χ2n) is 5.56. The molecule has 1 aromatic rings. The lowest BCUT2D eigenvalue weighted by atomic mass is 10.0. The van der Waals surface area contributed by atoms with Gasteiger partial charge in [-0.05, 0) is 33.9 Å². The van der Waals surface area contributed by atoms with E-state index < -0.39 is 0 Å². The largest absolute Gasteiger partial charge is 0.370 e. The molecule has 0 radical (unpaired) electrons. The van der Waals surface area contributed by atoms with Crippen molar-refractivity contribution in [2.45, 2.75) is 25.8 Å². The molecule has 1 saturated heterocycles. The zero-order chi connectivity index (χ0) is 15.4. The van der Waals surface area contributed by atoms with Crippen LogP contribution < -0.4 is 10.2 Å².